The molecule has 0 aliphatic rings. The number of pyridine rings is 1. The number of imidazole rings is 1. The fraction of sp³-hybridized carbons (Fsp3) is 0.190. The summed E-state index contributed by atoms with van der Waals surface area (Å²) >= 11 is 0. The Hall–Kier alpha value is -3.46. The topological polar surface area (TPSA) is 91.0 Å². The fourth-order valence-electron chi connectivity index (χ4n) is 2.90. The van der Waals surface area contributed by atoms with E-state index in [2.05, 4.69) is 11.1 Å². The van der Waals surface area contributed by atoms with Gasteiger partial charge in [0.05, 0.1) is 11.9 Å². The zero-order valence-corrected chi connectivity index (χ0v) is 15.4. The molecule has 5 nitrogen and oxygen atoms in total. The highest BCUT2D eigenvalue weighted by molar-refractivity contribution is 6.31. The SMILES string of the molecule is Cc1cc(C(=N)/C(=C(\N)C(C)C)c2ccc3ncc(C#N)n3c2)ccc1F. The monoisotopic (exact) mass is 361 g/mol. The number of rotatable bonds is 4. The van der Waals surface area contributed by atoms with Crippen molar-refractivity contribution in [3.8, 4) is 6.07 Å². The minimum absolute atomic E-state index is 0.0100. The van der Waals surface area contributed by atoms with Crippen molar-refractivity contribution in [1.29, 1.82) is 10.7 Å². The minimum Gasteiger partial charge on any atom is -0.401 e. The maximum atomic E-state index is 13.6. The van der Waals surface area contributed by atoms with Crippen LogP contribution in [-0.4, -0.2) is 15.1 Å². The van der Waals surface area contributed by atoms with Crippen LogP contribution in [0.3, 0.4) is 0 Å². The number of aromatic nitrogens is 2. The molecule has 0 bridgehead atoms. The lowest BCUT2D eigenvalue weighted by molar-refractivity contribution is 0.618. The molecule has 0 amide bonds. The first-order valence-corrected chi connectivity index (χ1v) is 8.56. The van der Waals surface area contributed by atoms with Gasteiger partial charge in [0.1, 0.15) is 23.2 Å². The van der Waals surface area contributed by atoms with Crippen molar-refractivity contribution in [3.05, 3.63) is 76.6 Å². The first kappa shape index (κ1) is 18.3. The molecule has 0 fully saturated rings. The van der Waals surface area contributed by atoms with Crippen molar-refractivity contribution in [3.63, 3.8) is 0 Å². The molecule has 136 valence electrons. The molecule has 2 aromatic heterocycles. The van der Waals surface area contributed by atoms with E-state index < -0.39 is 0 Å². The van der Waals surface area contributed by atoms with Crippen LogP contribution in [0.1, 0.15) is 36.2 Å². The molecule has 3 N–H and O–H groups in total. The van der Waals surface area contributed by atoms with E-state index in [0.717, 1.165) is 0 Å². The Balaban J connectivity index is 2.21. The number of nitrogens with one attached hydrogen (secondary N) is 1. The summed E-state index contributed by atoms with van der Waals surface area (Å²) in [6.45, 7) is 5.57. The van der Waals surface area contributed by atoms with Gasteiger partial charge in [-0.2, -0.15) is 5.26 Å². The Labute approximate surface area is 157 Å². The van der Waals surface area contributed by atoms with Crippen LogP contribution in [-0.2, 0) is 0 Å². The second-order valence-corrected chi connectivity index (χ2v) is 6.73. The Morgan fingerprint density at radius 2 is 1.96 bits per heavy atom. The van der Waals surface area contributed by atoms with Crippen molar-refractivity contribution < 1.29 is 4.39 Å². The zero-order valence-electron chi connectivity index (χ0n) is 15.4. The molecule has 0 aliphatic heterocycles. The lowest BCUT2D eigenvalue weighted by atomic mass is 9.91. The van der Waals surface area contributed by atoms with E-state index in [-0.39, 0.29) is 17.4 Å². The molecule has 2 heterocycles. The molecule has 6 heteroatoms. The number of halogens is 1. The van der Waals surface area contributed by atoms with E-state index in [1.54, 1.807) is 35.7 Å². The van der Waals surface area contributed by atoms with Crippen molar-refractivity contribution >= 4 is 16.9 Å². The van der Waals surface area contributed by atoms with Gasteiger partial charge in [-0.3, -0.25) is 9.81 Å². The van der Waals surface area contributed by atoms with E-state index in [4.69, 9.17) is 11.1 Å². The second-order valence-electron chi connectivity index (χ2n) is 6.73. The predicted molar refractivity (Wildman–Crippen MR) is 104 cm³/mol. The number of fused-ring (bicyclic) bond motifs is 1. The number of nitrogens with two attached hydrogens (primary N) is 1. The van der Waals surface area contributed by atoms with E-state index in [1.807, 2.05) is 19.9 Å². The summed E-state index contributed by atoms with van der Waals surface area (Å²) in [5, 5.41) is 18.0. The Morgan fingerprint density at radius 3 is 2.59 bits per heavy atom. The summed E-state index contributed by atoms with van der Waals surface area (Å²) in [6, 6.07) is 10.3. The smallest absolute Gasteiger partial charge is 0.144 e. The van der Waals surface area contributed by atoms with Gasteiger partial charge in [0.25, 0.3) is 0 Å². The molecule has 0 unspecified atom stereocenters. The lowest BCUT2D eigenvalue weighted by Gasteiger charge is -2.17. The van der Waals surface area contributed by atoms with Crippen LogP contribution >= 0.6 is 0 Å². The average molecular weight is 361 g/mol. The third-order valence-electron chi connectivity index (χ3n) is 4.52. The standard InChI is InChI=1S/C21H20FN5/c1-12(2)20(24)19(21(25)14-4-6-17(22)13(3)8-14)15-5-7-18-26-10-16(9-23)27(18)11-15/h4-8,10-12,25H,24H2,1-3H3/b20-19-,25-21?. The number of benzene rings is 1. The van der Waals surface area contributed by atoms with E-state index in [9.17, 15) is 9.65 Å². The first-order chi connectivity index (χ1) is 12.8. The van der Waals surface area contributed by atoms with Crippen LogP contribution < -0.4 is 5.73 Å². The highest BCUT2D eigenvalue weighted by Gasteiger charge is 2.18. The lowest BCUT2D eigenvalue weighted by Crippen LogP contribution is -2.15. The largest absolute Gasteiger partial charge is 0.401 e. The molecule has 0 saturated heterocycles. The van der Waals surface area contributed by atoms with Crippen LogP contribution in [0.25, 0.3) is 11.2 Å². The third kappa shape index (κ3) is 3.32. The number of hydrogen-bond donors (Lipinski definition) is 2. The molecule has 0 radical (unpaired) electrons. The maximum Gasteiger partial charge on any atom is 0.144 e. The zero-order chi connectivity index (χ0) is 19.7. The molecule has 27 heavy (non-hydrogen) atoms. The number of nitrogens with zero attached hydrogens (tertiary/aromatic N) is 3. The van der Waals surface area contributed by atoms with Gasteiger partial charge < -0.3 is 5.73 Å². The second kappa shape index (κ2) is 7.04. The van der Waals surface area contributed by atoms with Gasteiger partial charge in [0.15, 0.2) is 0 Å². The molecule has 0 spiro atoms. The van der Waals surface area contributed by atoms with Crippen LogP contribution in [0.2, 0.25) is 0 Å². The van der Waals surface area contributed by atoms with Gasteiger partial charge in [0, 0.05) is 28.6 Å². The Morgan fingerprint density at radius 1 is 1.26 bits per heavy atom. The molecule has 0 atom stereocenters. The molecular weight excluding hydrogens is 341 g/mol. The normalized spacial score (nSPS) is 12.1. The summed E-state index contributed by atoms with van der Waals surface area (Å²) < 4.78 is 15.3. The highest BCUT2D eigenvalue weighted by Crippen LogP contribution is 2.26. The van der Waals surface area contributed by atoms with Gasteiger partial charge in [-0.25, -0.2) is 9.37 Å². The molecule has 0 saturated carbocycles. The van der Waals surface area contributed by atoms with Gasteiger partial charge in [0.2, 0.25) is 0 Å². The van der Waals surface area contributed by atoms with Crippen molar-refractivity contribution in [2.45, 2.75) is 20.8 Å². The Kier molecular flexibility index (Phi) is 4.78. The van der Waals surface area contributed by atoms with Crippen LogP contribution in [0, 0.1) is 35.4 Å². The average Bonchev–Trinajstić information content (AvgIpc) is 3.06. The van der Waals surface area contributed by atoms with Gasteiger partial charge in [-0.1, -0.05) is 13.8 Å². The molecular formula is C21H20FN5. The van der Waals surface area contributed by atoms with Crippen LogP contribution in [0.15, 0.2) is 48.4 Å². The van der Waals surface area contributed by atoms with Crippen molar-refractivity contribution in [1.82, 2.24) is 9.38 Å². The minimum atomic E-state index is -0.313. The summed E-state index contributed by atoms with van der Waals surface area (Å²) in [4.78, 5) is 4.19. The number of nitriles is 1. The van der Waals surface area contributed by atoms with Crippen molar-refractivity contribution in [2.24, 2.45) is 11.7 Å². The highest BCUT2D eigenvalue weighted by atomic mass is 19.1. The van der Waals surface area contributed by atoms with Crippen LogP contribution in [0.4, 0.5) is 4.39 Å². The number of allylic oxidation sites excluding steroid dienone is 2. The van der Waals surface area contributed by atoms with Gasteiger partial charge in [-0.05, 0) is 48.7 Å². The summed E-state index contributed by atoms with van der Waals surface area (Å²) in [7, 11) is 0. The molecule has 1 aromatic carbocycles. The van der Waals surface area contributed by atoms with E-state index in [0.29, 0.717) is 39.3 Å². The predicted octanol–water partition coefficient (Wildman–Crippen LogP) is 4.05. The quantitative estimate of drug-likeness (QED) is 0.687. The summed E-state index contributed by atoms with van der Waals surface area (Å²) in [5.74, 6) is -0.303. The van der Waals surface area contributed by atoms with Crippen LogP contribution in [0.5, 0.6) is 0 Å². The molecule has 3 rings (SSSR count). The first-order valence-electron chi connectivity index (χ1n) is 8.56. The summed E-state index contributed by atoms with van der Waals surface area (Å²) in [6.07, 6.45) is 3.26. The third-order valence-corrected chi connectivity index (χ3v) is 4.52. The van der Waals surface area contributed by atoms with E-state index >= 15 is 0 Å². The Bertz CT molecular complexity index is 1120. The maximum absolute atomic E-state index is 13.6. The fourth-order valence-corrected chi connectivity index (χ4v) is 2.90. The van der Waals surface area contributed by atoms with Crippen molar-refractivity contribution in [2.75, 3.05) is 0 Å². The number of aryl methyl sites for hydroxylation is 1. The molecule has 3 aromatic rings. The molecule has 0 aliphatic carbocycles. The van der Waals surface area contributed by atoms with Gasteiger partial charge >= 0.3 is 0 Å². The summed E-state index contributed by atoms with van der Waals surface area (Å²) in [5.41, 5.74) is 10.5. The van der Waals surface area contributed by atoms with Gasteiger partial charge in [-0.15, -0.1) is 0 Å². The number of hydrogen-bond acceptors (Lipinski definition) is 4. The van der Waals surface area contributed by atoms with E-state index in [1.165, 1.54) is 12.3 Å².